The molecule has 1 aromatic heterocycles. The number of nitrogens with one attached hydrogen (secondary N) is 2. The molecule has 0 bridgehead atoms. The molecular formula is C13H9ClF3N3O. The lowest BCUT2D eigenvalue weighted by molar-refractivity contribution is -0.137. The molecule has 0 saturated heterocycles. The number of H-pyrrole nitrogens is 1. The first-order valence-electron chi connectivity index (χ1n) is 6.10. The Balaban J connectivity index is 2.24. The van der Waals surface area contributed by atoms with Gasteiger partial charge >= 0.3 is 11.9 Å². The second-order valence-electron chi connectivity index (χ2n) is 4.61. The molecule has 0 atom stereocenters. The number of hydrogen-bond acceptors (Lipinski definition) is 3. The number of hydrogen-bond donors (Lipinski definition) is 2. The molecule has 1 aliphatic heterocycles. The van der Waals surface area contributed by atoms with Crippen LogP contribution in [0.3, 0.4) is 0 Å². The van der Waals surface area contributed by atoms with E-state index in [4.69, 9.17) is 11.6 Å². The summed E-state index contributed by atoms with van der Waals surface area (Å²) in [6.07, 6.45) is -3.92. The third-order valence-corrected chi connectivity index (χ3v) is 3.59. The Morgan fingerprint density at radius 1 is 1.29 bits per heavy atom. The van der Waals surface area contributed by atoms with E-state index in [9.17, 15) is 18.0 Å². The van der Waals surface area contributed by atoms with E-state index in [1.165, 1.54) is 6.07 Å². The largest absolute Gasteiger partial charge is 0.416 e. The van der Waals surface area contributed by atoms with Crippen molar-refractivity contribution in [2.45, 2.75) is 12.6 Å². The predicted molar refractivity (Wildman–Crippen MR) is 72.5 cm³/mol. The monoisotopic (exact) mass is 315 g/mol. The maximum Gasteiger partial charge on any atom is 0.416 e. The summed E-state index contributed by atoms with van der Waals surface area (Å²) in [6, 6.07) is 3.02. The molecule has 4 nitrogen and oxygen atoms in total. The van der Waals surface area contributed by atoms with Gasteiger partial charge in [-0.3, -0.25) is 0 Å². The van der Waals surface area contributed by atoms with Gasteiger partial charge in [0.2, 0.25) is 0 Å². The second kappa shape index (κ2) is 4.77. The van der Waals surface area contributed by atoms with Gasteiger partial charge in [0.05, 0.1) is 11.3 Å². The highest BCUT2D eigenvalue weighted by Crippen LogP contribution is 2.37. The molecule has 0 saturated carbocycles. The first-order valence-corrected chi connectivity index (χ1v) is 6.48. The summed E-state index contributed by atoms with van der Waals surface area (Å²) in [5.74, 6) is 0.391. The zero-order chi connectivity index (χ0) is 15.2. The summed E-state index contributed by atoms with van der Waals surface area (Å²) in [7, 11) is 0. The second-order valence-corrected chi connectivity index (χ2v) is 5.02. The molecule has 0 amide bonds. The average Bonchev–Trinajstić information content (AvgIpc) is 2.85. The Morgan fingerprint density at radius 2 is 2.05 bits per heavy atom. The lowest BCUT2D eigenvalue weighted by Crippen LogP contribution is -2.14. The Labute approximate surface area is 122 Å². The minimum absolute atomic E-state index is 0.138. The van der Waals surface area contributed by atoms with Crippen molar-refractivity contribution in [3.8, 4) is 11.3 Å². The SMILES string of the molecule is O=c1nc2c(c(-c3cc(C(F)(F)F)ccc3Cl)[nH]1)CCN2. The summed E-state index contributed by atoms with van der Waals surface area (Å²) < 4.78 is 38.5. The van der Waals surface area contributed by atoms with E-state index >= 15 is 0 Å². The zero-order valence-electron chi connectivity index (χ0n) is 10.5. The molecule has 0 fully saturated rings. The molecule has 1 aromatic carbocycles. The number of halogens is 4. The van der Waals surface area contributed by atoms with Crippen LogP contribution >= 0.6 is 11.6 Å². The van der Waals surface area contributed by atoms with Crippen molar-refractivity contribution in [2.75, 3.05) is 11.9 Å². The van der Waals surface area contributed by atoms with Crippen LogP contribution in [0.25, 0.3) is 11.3 Å². The Hall–Kier alpha value is -2.02. The molecular weight excluding hydrogens is 307 g/mol. The van der Waals surface area contributed by atoms with E-state index < -0.39 is 17.4 Å². The van der Waals surface area contributed by atoms with Crippen LogP contribution in [0.2, 0.25) is 5.02 Å². The number of anilines is 1. The van der Waals surface area contributed by atoms with E-state index in [1.807, 2.05) is 0 Å². The highest BCUT2D eigenvalue weighted by Gasteiger charge is 2.31. The van der Waals surface area contributed by atoms with Crippen LogP contribution in [0, 0.1) is 0 Å². The predicted octanol–water partition coefficient (Wildman–Crippen LogP) is 3.08. The quantitative estimate of drug-likeness (QED) is 0.850. The maximum absolute atomic E-state index is 12.8. The van der Waals surface area contributed by atoms with E-state index in [2.05, 4.69) is 15.3 Å². The lowest BCUT2D eigenvalue weighted by atomic mass is 10.0. The normalized spacial score (nSPS) is 13.9. The average molecular weight is 316 g/mol. The van der Waals surface area contributed by atoms with Gasteiger partial charge in [-0.15, -0.1) is 0 Å². The Morgan fingerprint density at radius 3 is 2.76 bits per heavy atom. The highest BCUT2D eigenvalue weighted by atomic mass is 35.5. The van der Waals surface area contributed by atoms with Gasteiger partial charge in [-0.05, 0) is 24.6 Å². The number of rotatable bonds is 1. The molecule has 0 unspecified atom stereocenters. The summed E-state index contributed by atoms with van der Waals surface area (Å²) in [6.45, 7) is 0.573. The van der Waals surface area contributed by atoms with Crippen molar-refractivity contribution in [3.05, 3.63) is 44.8 Å². The molecule has 2 heterocycles. The fourth-order valence-electron chi connectivity index (χ4n) is 2.32. The molecule has 2 N–H and O–H groups in total. The standard InChI is InChI=1S/C13H9ClF3N3O/c14-9-2-1-6(13(15,16)17)5-8(9)10-7-3-4-18-11(7)20-12(21)19-10/h1-2,5H,3-4H2,(H2,18,19,20,21). The third-order valence-electron chi connectivity index (χ3n) is 3.26. The van der Waals surface area contributed by atoms with Crippen LogP contribution in [0.4, 0.5) is 19.0 Å². The molecule has 1 aliphatic rings. The van der Waals surface area contributed by atoms with Crippen molar-refractivity contribution in [1.82, 2.24) is 9.97 Å². The number of benzene rings is 1. The maximum atomic E-state index is 12.8. The number of aromatic amines is 1. The van der Waals surface area contributed by atoms with Crippen molar-refractivity contribution < 1.29 is 13.2 Å². The summed E-state index contributed by atoms with van der Waals surface area (Å²) in [5.41, 5.74) is -0.362. The highest BCUT2D eigenvalue weighted by molar-refractivity contribution is 6.33. The first kappa shape index (κ1) is 13.9. The lowest BCUT2D eigenvalue weighted by Gasteiger charge is -2.12. The van der Waals surface area contributed by atoms with Gasteiger partial charge < -0.3 is 10.3 Å². The molecule has 0 spiro atoms. The van der Waals surface area contributed by atoms with Crippen LogP contribution in [0.15, 0.2) is 23.0 Å². The van der Waals surface area contributed by atoms with Crippen molar-refractivity contribution in [3.63, 3.8) is 0 Å². The van der Waals surface area contributed by atoms with Gasteiger partial charge in [0.25, 0.3) is 0 Å². The molecule has 0 aliphatic carbocycles. The van der Waals surface area contributed by atoms with E-state index in [0.29, 0.717) is 24.3 Å². The Bertz CT molecular complexity index is 770. The molecule has 0 radical (unpaired) electrons. The number of alkyl halides is 3. The van der Waals surface area contributed by atoms with Crippen LogP contribution in [0.5, 0.6) is 0 Å². The van der Waals surface area contributed by atoms with Crippen molar-refractivity contribution in [2.24, 2.45) is 0 Å². The molecule has 8 heteroatoms. The van der Waals surface area contributed by atoms with Crippen LogP contribution in [0.1, 0.15) is 11.1 Å². The van der Waals surface area contributed by atoms with Gasteiger partial charge in [0.1, 0.15) is 5.82 Å². The minimum Gasteiger partial charge on any atom is -0.369 e. The summed E-state index contributed by atoms with van der Waals surface area (Å²) in [5, 5.41) is 3.06. The van der Waals surface area contributed by atoms with Crippen molar-refractivity contribution in [1.29, 1.82) is 0 Å². The fourth-order valence-corrected chi connectivity index (χ4v) is 2.53. The van der Waals surface area contributed by atoms with Gasteiger partial charge in [-0.1, -0.05) is 11.6 Å². The number of aromatic nitrogens is 2. The third kappa shape index (κ3) is 2.49. The van der Waals surface area contributed by atoms with Crippen LogP contribution in [-0.4, -0.2) is 16.5 Å². The number of fused-ring (bicyclic) bond motifs is 1. The zero-order valence-corrected chi connectivity index (χ0v) is 11.3. The Kier molecular flexibility index (Phi) is 3.16. The fraction of sp³-hybridized carbons (Fsp3) is 0.231. The van der Waals surface area contributed by atoms with Gasteiger partial charge in [-0.25, -0.2) is 4.79 Å². The van der Waals surface area contributed by atoms with E-state index in [-0.39, 0.29) is 16.3 Å². The molecule has 2 aromatic rings. The summed E-state index contributed by atoms with van der Waals surface area (Å²) in [4.78, 5) is 17.8. The molecule has 21 heavy (non-hydrogen) atoms. The van der Waals surface area contributed by atoms with Gasteiger partial charge in [0.15, 0.2) is 0 Å². The van der Waals surface area contributed by atoms with Gasteiger partial charge in [0, 0.05) is 22.7 Å². The topological polar surface area (TPSA) is 57.8 Å². The van der Waals surface area contributed by atoms with Crippen LogP contribution < -0.4 is 11.0 Å². The first-order chi connectivity index (χ1) is 9.86. The minimum atomic E-state index is -4.48. The molecule has 3 rings (SSSR count). The van der Waals surface area contributed by atoms with Crippen LogP contribution in [-0.2, 0) is 12.6 Å². The van der Waals surface area contributed by atoms with Crippen molar-refractivity contribution >= 4 is 17.4 Å². The summed E-state index contributed by atoms with van der Waals surface area (Å²) >= 11 is 6.00. The van der Waals surface area contributed by atoms with Gasteiger partial charge in [-0.2, -0.15) is 18.2 Å². The molecule has 110 valence electrons. The smallest absolute Gasteiger partial charge is 0.369 e. The van der Waals surface area contributed by atoms with E-state index in [1.54, 1.807) is 0 Å². The number of nitrogens with zero attached hydrogens (tertiary/aromatic N) is 1. The van der Waals surface area contributed by atoms with E-state index in [0.717, 1.165) is 12.1 Å².